The average molecular weight is 272 g/mol. The molecule has 1 aliphatic rings. The van der Waals surface area contributed by atoms with E-state index in [1.54, 1.807) is 6.33 Å². The summed E-state index contributed by atoms with van der Waals surface area (Å²) in [5.41, 5.74) is 6.85. The number of imidazole rings is 1. The van der Waals surface area contributed by atoms with Gasteiger partial charge in [0.15, 0.2) is 11.5 Å². The lowest BCUT2D eigenvalue weighted by Gasteiger charge is -2.04. The number of aromatic amines is 1. The predicted octanol–water partition coefficient (Wildman–Crippen LogP) is 0.808. The molecule has 20 heavy (non-hydrogen) atoms. The third kappa shape index (κ3) is 1.92. The number of nitrogens with zero attached hydrogens (tertiary/aromatic N) is 5. The molecule has 0 bridgehead atoms. The standard InChI is InChI=1S/C11H12N8O/c12-11-16-8(7-9(17-11)15-4-14-7)13-3-6-18-19-10(20-6)5-1-2-5/h4-5H,1-3H2,(H4,12,13,14,15,16,17). The van der Waals surface area contributed by atoms with Gasteiger partial charge in [0.25, 0.3) is 0 Å². The Balaban J connectivity index is 1.55. The smallest absolute Gasteiger partial charge is 0.235 e. The Morgan fingerprint density at radius 1 is 1.35 bits per heavy atom. The zero-order chi connectivity index (χ0) is 13.5. The van der Waals surface area contributed by atoms with Crippen LogP contribution in [-0.4, -0.2) is 30.1 Å². The van der Waals surface area contributed by atoms with E-state index in [1.165, 1.54) is 0 Å². The van der Waals surface area contributed by atoms with Gasteiger partial charge < -0.3 is 20.5 Å². The van der Waals surface area contributed by atoms with E-state index in [9.17, 15) is 0 Å². The van der Waals surface area contributed by atoms with Crippen molar-refractivity contribution < 1.29 is 4.42 Å². The number of hydrogen-bond acceptors (Lipinski definition) is 8. The minimum Gasteiger partial charge on any atom is -0.423 e. The molecule has 3 aromatic heterocycles. The highest BCUT2D eigenvalue weighted by Crippen LogP contribution is 2.39. The second-order valence-electron chi connectivity index (χ2n) is 4.69. The van der Waals surface area contributed by atoms with Gasteiger partial charge in [-0.15, -0.1) is 10.2 Å². The lowest BCUT2D eigenvalue weighted by atomic mass is 10.4. The second-order valence-corrected chi connectivity index (χ2v) is 4.69. The summed E-state index contributed by atoms with van der Waals surface area (Å²) >= 11 is 0. The lowest BCUT2D eigenvalue weighted by molar-refractivity contribution is 0.457. The highest BCUT2D eigenvalue weighted by Gasteiger charge is 2.29. The molecule has 0 atom stereocenters. The van der Waals surface area contributed by atoms with E-state index in [2.05, 4.69) is 35.5 Å². The lowest BCUT2D eigenvalue weighted by Crippen LogP contribution is -2.05. The van der Waals surface area contributed by atoms with Crippen LogP contribution in [0, 0.1) is 0 Å². The molecule has 3 heterocycles. The van der Waals surface area contributed by atoms with Crippen LogP contribution in [0.25, 0.3) is 11.2 Å². The molecule has 4 rings (SSSR count). The van der Waals surface area contributed by atoms with Gasteiger partial charge in [0, 0.05) is 5.92 Å². The zero-order valence-electron chi connectivity index (χ0n) is 10.5. The summed E-state index contributed by atoms with van der Waals surface area (Å²) in [6.45, 7) is 0.379. The van der Waals surface area contributed by atoms with Crippen LogP contribution in [0.4, 0.5) is 11.8 Å². The number of anilines is 2. The zero-order valence-corrected chi connectivity index (χ0v) is 10.5. The number of fused-ring (bicyclic) bond motifs is 1. The number of H-pyrrole nitrogens is 1. The molecule has 1 saturated carbocycles. The quantitative estimate of drug-likeness (QED) is 0.635. The van der Waals surface area contributed by atoms with E-state index in [0.29, 0.717) is 35.3 Å². The maximum atomic E-state index is 5.64. The van der Waals surface area contributed by atoms with Gasteiger partial charge in [0.05, 0.1) is 12.9 Å². The van der Waals surface area contributed by atoms with Gasteiger partial charge in [-0.3, -0.25) is 0 Å². The van der Waals surface area contributed by atoms with E-state index >= 15 is 0 Å². The Morgan fingerprint density at radius 3 is 3.10 bits per heavy atom. The molecule has 102 valence electrons. The normalized spacial score (nSPS) is 14.8. The molecule has 0 aromatic carbocycles. The molecule has 3 aromatic rings. The van der Waals surface area contributed by atoms with Crippen molar-refractivity contribution in [1.82, 2.24) is 30.1 Å². The molecule has 0 aliphatic heterocycles. The SMILES string of the molecule is Nc1nc(NCc2nnc(C3CC3)o2)c2[nH]cnc2n1. The van der Waals surface area contributed by atoms with Crippen LogP contribution in [0.15, 0.2) is 10.7 Å². The average Bonchev–Trinajstić information content (AvgIpc) is 2.99. The Kier molecular flexibility index (Phi) is 2.31. The number of aromatic nitrogens is 6. The largest absolute Gasteiger partial charge is 0.423 e. The van der Waals surface area contributed by atoms with Crippen molar-refractivity contribution in [3.05, 3.63) is 18.1 Å². The first-order valence-corrected chi connectivity index (χ1v) is 6.32. The van der Waals surface area contributed by atoms with Crippen molar-refractivity contribution in [1.29, 1.82) is 0 Å². The minimum atomic E-state index is 0.163. The maximum Gasteiger partial charge on any atom is 0.235 e. The van der Waals surface area contributed by atoms with Gasteiger partial charge in [0.1, 0.15) is 5.52 Å². The fourth-order valence-electron chi connectivity index (χ4n) is 1.97. The Bertz CT molecular complexity index is 759. The molecule has 4 N–H and O–H groups in total. The van der Waals surface area contributed by atoms with Crippen molar-refractivity contribution in [2.75, 3.05) is 11.1 Å². The van der Waals surface area contributed by atoms with Crippen LogP contribution in [0.2, 0.25) is 0 Å². The highest BCUT2D eigenvalue weighted by atomic mass is 16.4. The Hall–Kier alpha value is -2.71. The first-order chi connectivity index (χ1) is 9.79. The molecular weight excluding hydrogens is 260 g/mol. The Labute approximate surface area is 113 Å². The van der Waals surface area contributed by atoms with E-state index in [4.69, 9.17) is 10.2 Å². The van der Waals surface area contributed by atoms with Crippen molar-refractivity contribution in [2.45, 2.75) is 25.3 Å². The van der Waals surface area contributed by atoms with Gasteiger partial charge in [-0.25, -0.2) is 4.98 Å². The number of nitrogens with two attached hydrogens (primary N) is 1. The molecule has 1 fully saturated rings. The Morgan fingerprint density at radius 2 is 2.25 bits per heavy atom. The van der Waals surface area contributed by atoms with Crippen molar-refractivity contribution >= 4 is 22.9 Å². The van der Waals surface area contributed by atoms with Crippen LogP contribution >= 0.6 is 0 Å². The van der Waals surface area contributed by atoms with Gasteiger partial charge in [-0.2, -0.15) is 9.97 Å². The van der Waals surface area contributed by atoms with E-state index in [1.807, 2.05) is 0 Å². The fourth-order valence-corrected chi connectivity index (χ4v) is 1.97. The number of hydrogen-bond donors (Lipinski definition) is 3. The first kappa shape index (κ1) is 11.1. The fraction of sp³-hybridized carbons (Fsp3) is 0.364. The summed E-state index contributed by atoms with van der Waals surface area (Å²) in [6, 6.07) is 0. The first-order valence-electron chi connectivity index (χ1n) is 6.32. The van der Waals surface area contributed by atoms with Gasteiger partial charge in [-0.05, 0) is 12.8 Å². The highest BCUT2D eigenvalue weighted by molar-refractivity contribution is 5.83. The van der Waals surface area contributed by atoms with Gasteiger partial charge in [0.2, 0.25) is 17.7 Å². The molecule has 0 spiro atoms. The van der Waals surface area contributed by atoms with Crippen LogP contribution in [0.5, 0.6) is 0 Å². The summed E-state index contributed by atoms with van der Waals surface area (Å²) < 4.78 is 5.57. The monoisotopic (exact) mass is 272 g/mol. The van der Waals surface area contributed by atoms with E-state index < -0.39 is 0 Å². The van der Waals surface area contributed by atoms with Crippen LogP contribution in [0.3, 0.4) is 0 Å². The molecular formula is C11H12N8O. The maximum absolute atomic E-state index is 5.64. The van der Waals surface area contributed by atoms with E-state index in [0.717, 1.165) is 18.7 Å². The second kappa shape index (κ2) is 4.15. The molecule has 9 heteroatoms. The molecule has 0 saturated heterocycles. The summed E-state index contributed by atoms with van der Waals surface area (Å²) in [5, 5.41) is 11.1. The van der Waals surface area contributed by atoms with Crippen LogP contribution in [0.1, 0.15) is 30.5 Å². The topological polar surface area (TPSA) is 131 Å². The molecule has 0 radical (unpaired) electrons. The van der Waals surface area contributed by atoms with Crippen LogP contribution in [-0.2, 0) is 6.54 Å². The minimum absolute atomic E-state index is 0.163. The van der Waals surface area contributed by atoms with Gasteiger partial charge in [-0.1, -0.05) is 0 Å². The number of nitrogens with one attached hydrogen (secondary N) is 2. The molecule has 9 nitrogen and oxygen atoms in total. The van der Waals surface area contributed by atoms with Crippen molar-refractivity contribution in [2.24, 2.45) is 0 Å². The third-order valence-electron chi connectivity index (χ3n) is 3.12. The van der Waals surface area contributed by atoms with E-state index in [-0.39, 0.29) is 5.95 Å². The molecule has 1 aliphatic carbocycles. The van der Waals surface area contributed by atoms with Gasteiger partial charge >= 0.3 is 0 Å². The summed E-state index contributed by atoms with van der Waals surface area (Å²) in [6.07, 6.45) is 3.81. The number of nitrogen functional groups attached to an aromatic ring is 1. The molecule has 0 amide bonds. The third-order valence-corrected chi connectivity index (χ3v) is 3.12. The summed E-state index contributed by atoms with van der Waals surface area (Å²) in [7, 11) is 0. The predicted molar refractivity (Wildman–Crippen MR) is 69.7 cm³/mol. The van der Waals surface area contributed by atoms with Crippen molar-refractivity contribution in [3.63, 3.8) is 0 Å². The van der Waals surface area contributed by atoms with Crippen LogP contribution < -0.4 is 11.1 Å². The van der Waals surface area contributed by atoms with Crippen molar-refractivity contribution in [3.8, 4) is 0 Å². The number of rotatable bonds is 4. The molecule has 0 unspecified atom stereocenters. The summed E-state index contributed by atoms with van der Waals surface area (Å²) in [4.78, 5) is 15.2. The summed E-state index contributed by atoms with van der Waals surface area (Å²) in [5.74, 6) is 2.42.